The molecule has 0 bridgehead atoms. The molecule has 3 N–H and O–H groups in total. The molecule has 16 heavy (non-hydrogen) atoms. The van der Waals surface area contributed by atoms with E-state index in [0.717, 1.165) is 0 Å². The highest BCUT2D eigenvalue weighted by Crippen LogP contribution is 2.06. The Hall–Kier alpha value is -2.18. The van der Waals surface area contributed by atoms with Crippen molar-refractivity contribution in [2.45, 2.75) is 6.92 Å². The minimum atomic E-state index is -1.07. The van der Waals surface area contributed by atoms with Crippen molar-refractivity contribution < 1.29 is 14.7 Å². The fourth-order valence-electron chi connectivity index (χ4n) is 1.01. The molecule has 0 radical (unpaired) electrons. The van der Waals surface area contributed by atoms with Gasteiger partial charge in [-0.1, -0.05) is 0 Å². The number of carboxylic acids is 1. The van der Waals surface area contributed by atoms with Gasteiger partial charge in [0.05, 0.1) is 17.8 Å². The van der Waals surface area contributed by atoms with Crippen molar-refractivity contribution in [2.24, 2.45) is 0 Å². The molecule has 0 aliphatic rings. The van der Waals surface area contributed by atoms with Crippen molar-refractivity contribution in [1.82, 2.24) is 15.3 Å². The number of carboxylic acid groups (broad SMARTS) is 1. The van der Waals surface area contributed by atoms with Gasteiger partial charge < -0.3 is 15.7 Å². The number of aromatic carboxylic acids is 1. The van der Waals surface area contributed by atoms with E-state index in [2.05, 4.69) is 20.6 Å². The van der Waals surface area contributed by atoms with Crippen molar-refractivity contribution in [3.05, 3.63) is 17.5 Å². The molecule has 1 amide bonds. The van der Waals surface area contributed by atoms with Crippen LogP contribution in [-0.4, -0.2) is 40.5 Å². The second-order valence-corrected chi connectivity index (χ2v) is 3.02. The lowest BCUT2D eigenvalue weighted by atomic mass is 10.2. The zero-order valence-electron chi connectivity index (χ0n) is 8.94. The number of anilines is 1. The number of nitrogens with zero attached hydrogens (tertiary/aromatic N) is 2. The third kappa shape index (κ3) is 2.91. The average Bonchev–Trinajstić information content (AvgIpc) is 2.25. The molecule has 0 atom stereocenters. The highest BCUT2D eigenvalue weighted by atomic mass is 16.4. The van der Waals surface area contributed by atoms with E-state index in [9.17, 15) is 9.59 Å². The van der Waals surface area contributed by atoms with Crippen molar-refractivity contribution >= 4 is 17.8 Å². The molecule has 0 saturated carbocycles. The maximum absolute atomic E-state index is 10.9. The fourth-order valence-corrected chi connectivity index (χ4v) is 1.01. The Bertz CT molecular complexity index is 419. The molecule has 0 spiro atoms. The molecule has 0 unspecified atom stereocenters. The summed E-state index contributed by atoms with van der Waals surface area (Å²) in [7, 11) is 1.52. The van der Waals surface area contributed by atoms with Gasteiger partial charge in [0.25, 0.3) is 0 Å². The lowest BCUT2D eigenvalue weighted by Gasteiger charge is -2.05. The Kier molecular flexibility index (Phi) is 3.76. The van der Waals surface area contributed by atoms with Crippen LogP contribution in [-0.2, 0) is 4.79 Å². The highest BCUT2D eigenvalue weighted by molar-refractivity contribution is 5.88. The van der Waals surface area contributed by atoms with Gasteiger partial charge in [0.15, 0.2) is 0 Å². The number of hydrogen-bond acceptors (Lipinski definition) is 5. The second-order valence-electron chi connectivity index (χ2n) is 3.02. The van der Waals surface area contributed by atoms with Crippen molar-refractivity contribution in [2.75, 3.05) is 18.9 Å². The molecule has 1 rings (SSSR count). The van der Waals surface area contributed by atoms with Gasteiger partial charge in [0.2, 0.25) is 11.9 Å². The Morgan fingerprint density at radius 2 is 2.19 bits per heavy atom. The molecule has 7 nitrogen and oxygen atoms in total. The van der Waals surface area contributed by atoms with E-state index in [-0.39, 0.29) is 24.0 Å². The number of nitrogens with one attached hydrogen (secondary N) is 2. The summed E-state index contributed by atoms with van der Waals surface area (Å²) in [6.07, 6.45) is 1.21. The summed E-state index contributed by atoms with van der Waals surface area (Å²) in [5, 5.41) is 13.9. The molecule has 1 heterocycles. The third-order valence-electron chi connectivity index (χ3n) is 1.90. The van der Waals surface area contributed by atoms with E-state index in [4.69, 9.17) is 5.11 Å². The quantitative estimate of drug-likeness (QED) is 0.645. The molecule has 86 valence electrons. The number of carbonyl (C=O) groups excluding carboxylic acids is 1. The number of hydrogen-bond donors (Lipinski definition) is 3. The summed E-state index contributed by atoms with van der Waals surface area (Å²) in [6.45, 7) is 1.61. The largest absolute Gasteiger partial charge is 0.478 e. The Labute approximate surface area is 91.9 Å². The van der Waals surface area contributed by atoms with Gasteiger partial charge in [-0.3, -0.25) is 4.79 Å². The topological polar surface area (TPSA) is 104 Å². The zero-order chi connectivity index (χ0) is 12.1. The zero-order valence-corrected chi connectivity index (χ0v) is 8.94. The Morgan fingerprint density at radius 3 is 2.69 bits per heavy atom. The molecular weight excluding hydrogens is 212 g/mol. The first kappa shape index (κ1) is 11.9. The van der Waals surface area contributed by atoms with Crippen LogP contribution in [0.15, 0.2) is 6.20 Å². The second kappa shape index (κ2) is 5.06. The fraction of sp³-hybridized carbons (Fsp3) is 0.333. The van der Waals surface area contributed by atoms with Crippen molar-refractivity contribution in [3.63, 3.8) is 0 Å². The number of amides is 1. The SMILES string of the molecule is CNC(=O)CNc1ncc(C(=O)O)c(C)n1. The van der Waals surface area contributed by atoms with E-state index >= 15 is 0 Å². The van der Waals surface area contributed by atoms with E-state index < -0.39 is 5.97 Å². The minimum Gasteiger partial charge on any atom is -0.478 e. The maximum Gasteiger partial charge on any atom is 0.339 e. The van der Waals surface area contributed by atoms with Crippen LogP contribution >= 0.6 is 0 Å². The van der Waals surface area contributed by atoms with Gasteiger partial charge in [0, 0.05) is 13.2 Å². The molecule has 7 heteroatoms. The predicted molar refractivity (Wildman–Crippen MR) is 56.3 cm³/mol. The maximum atomic E-state index is 10.9. The van der Waals surface area contributed by atoms with Gasteiger partial charge in [-0.05, 0) is 6.92 Å². The third-order valence-corrected chi connectivity index (χ3v) is 1.90. The van der Waals surface area contributed by atoms with Crippen LogP contribution in [0, 0.1) is 6.92 Å². The van der Waals surface area contributed by atoms with Gasteiger partial charge >= 0.3 is 5.97 Å². The molecule has 1 aromatic rings. The standard InChI is InChI=1S/C9H12N4O3/c1-5-6(8(15)16)3-11-9(13-5)12-4-7(14)10-2/h3H,4H2,1-2H3,(H,10,14)(H,15,16)(H,11,12,13). The molecule has 0 saturated heterocycles. The number of aromatic nitrogens is 2. The Morgan fingerprint density at radius 1 is 1.50 bits per heavy atom. The van der Waals surface area contributed by atoms with Crippen LogP contribution in [0.5, 0.6) is 0 Å². The predicted octanol–water partition coefficient (Wildman–Crippen LogP) is -0.359. The van der Waals surface area contributed by atoms with Crippen molar-refractivity contribution in [3.8, 4) is 0 Å². The van der Waals surface area contributed by atoms with Gasteiger partial charge in [0.1, 0.15) is 0 Å². The van der Waals surface area contributed by atoms with Crippen molar-refractivity contribution in [1.29, 1.82) is 0 Å². The summed E-state index contributed by atoms with van der Waals surface area (Å²) in [5.74, 6) is -1.05. The number of carbonyl (C=O) groups is 2. The number of rotatable bonds is 4. The van der Waals surface area contributed by atoms with Crippen LogP contribution < -0.4 is 10.6 Å². The van der Waals surface area contributed by atoms with Crippen LogP contribution in [0.3, 0.4) is 0 Å². The summed E-state index contributed by atoms with van der Waals surface area (Å²) < 4.78 is 0. The summed E-state index contributed by atoms with van der Waals surface area (Å²) >= 11 is 0. The molecule has 0 aliphatic carbocycles. The lowest BCUT2D eigenvalue weighted by molar-refractivity contribution is -0.118. The first-order valence-electron chi connectivity index (χ1n) is 4.56. The molecule has 0 aromatic carbocycles. The van der Waals surface area contributed by atoms with E-state index in [0.29, 0.717) is 5.69 Å². The molecular formula is C9H12N4O3. The average molecular weight is 224 g/mol. The van der Waals surface area contributed by atoms with E-state index in [1.807, 2.05) is 0 Å². The Balaban J connectivity index is 2.74. The number of aryl methyl sites for hydroxylation is 1. The normalized spacial score (nSPS) is 9.62. The van der Waals surface area contributed by atoms with Gasteiger partial charge in [-0.25, -0.2) is 14.8 Å². The first-order valence-corrected chi connectivity index (χ1v) is 4.56. The highest BCUT2D eigenvalue weighted by Gasteiger charge is 2.09. The molecule has 0 fully saturated rings. The number of likely N-dealkylation sites (N-methyl/N-ethyl adjacent to an activating group) is 1. The summed E-state index contributed by atoms with van der Waals surface area (Å²) in [5.41, 5.74) is 0.396. The first-order chi connectivity index (χ1) is 7.54. The van der Waals surface area contributed by atoms with E-state index in [1.165, 1.54) is 13.2 Å². The summed E-state index contributed by atoms with van der Waals surface area (Å²) in [6, 6.07) is 0. The van der Waals surface area contributed by atoms with Gasteiger partial charge in [-0.15, -0.1) is 0 Å². The van der Waals surface area contributed by atoms with Gasteiger partial charge in [-0.2, -0.15) is 0 Å². The summed E-state index contributed by atoms with van der Waals surface area (Å²) in [4.78, 5) is 29.3. The van der Waals surface area contributed by atoms with Crippen LogP contribution in [0.25, 0.3) is 0 Å². The smallest absolute Gasteiger partial charge is 0.339 e. The van der Waals surface area contributed by atoms with Crippen LogP contribution in [0.2, 0.25) is 0 Å². The van der Waals surface area contributed by atoms with Crippen LogP contribution in [0.4, 0.5) is 5.95 Å². The van der Waals surface area contributed by atoms with E-state index in [1.54, 1.807) is 6.92 Å². The lowest BCUT2D eigenvalue weighted by Crippen LogP contribution is -2.26. The molecule has 1 aromatic heterocycles. The molecule has 0 aliphatic heterocycles. The van der Waals surface area contributed by atoms with Crippen LogP contribution in [0.1, 0.15) is 16.1 Å². The monoisotopic (exact) mass is 224 g/mol. The minimum absolute atomic E-state index is 0.0440.